The van der Waals surface area contributed by atoms with Crippen molar-refractivity contribution in [1.29, 1.82) is 0 Å². The molecule has 2 aromatic rings. The highest BCUT2D eigenvalue weighted by Crippen LogP contribution is 2.38. The van der Waals surface area contributed by atoms with Crippen LogP contribution in [0.2, 0.25) is 5.02 Å². The number of hydrogen-bond donors (Lipinski definition) is 0. The molecule has 0 fully saturated rings. The van der Waals surface area contributed by atoms with Gasteiger partial charge < -0.3 is 4.74 Å². The van der Waals surface area contributed by atoms with E-state index < -0.39 is 0 Å². The molecule has 0 aliphatic heterocycles. The van der Waals surface area contributed by atoms with Crippen LogP contribution in [0.25, 0.3) is 0 Å². The summed E-state index contributed by atoms with van der Waals surface area (Å²) in [4.78, 5) is 1.80. The van der Waals surface area contributed by atoms with Gasteiger partial charge in [0.2, 0.25) is 0 Å². The second-order valence-electron chi connectivity index (χ2n) is 3.47. The first-order valence-electron chi connectivity index (χ1n) is 5.06. The molecule has 94 valence electrons. The molecular formula is C13H9BrClFOS. The SMILES string of the molecule is COc1ccc(Sc2ccc(F)cc2Br)c(Cl)c1. The zero-order valence-corrected chi connectivity index (χ0v) is 12.6. The quantitative estimate of drug-likeness (QED) is 0.735. The molecule has 0 heterocycles. The van der Waals surface area contributed by atoms with E-state index in [2.05, 4.69) is 15.9 Å². The number of methoxy groups -OCH3 is 1. The summed E-state index contributed by atoms with van der Waals surface area (Å²) in [6, 6.07) is 10.0. The third kappa shape index (κ3) is 3.19. The lowest BCUT2D eigenvalue weighted by Gasteiger charge is -2.07. The molecule has 0 amide bonds. The molecule has 5 heteroatoms. The molecule has 1 nitrogen and oxygen atoms in total. The van der Waals surface area contributed by atoms with Crippen molar-refractivity contribution in [2.45, 2.75) is 9.79 Å². The van der Waals surface area contributed by atoms with E-state index in [0.717, 1.165) is 9.79 Å². The van der Waals surface area contributed by atoms with Crippen LogP contribution in [0.1, 0.15) is 0 Å². The molecule has 0 aliphatic rings. The molecule has 0 saturated heterocycles. The van der Waals surface area contributed by atoms with Gasteiger partial charge >= 0.3 is 0 Å². The van der Waals surface area contributed by atoms with Gasteiger partial charge in [-0.3, -0.25) is 0 Å². The molecule has 18 heavy (non-hydrogen) atoms. The predicted octanol–water partition coefficient (Wildman–Crippen LogP) is 5.40. The third-order valence-corrected chi connectivity index (χ3v) is 4.75. The molecule has 0 spiro atoms. The Hall–Kier alpha value is -0.710. The summed E-state index contributed by atoms with van der Waals surface area (Å²) in [7, 11) is 1.59. The Balaban J connectivity index is 2.28. The van der Waals surface area contributed by atoms with Crippen molar-refractivity contribution < 1.29 is 9.13 Å². The Morgan fingerprint density at radius 2 is 1.89 bits per heavy atom. The van der Waals surface area contributed by atoms with Gasteiger partial charge in [-0.25, -0.2) is 4.39 Å². The second kappa shape index (κ2) is 5.95. The molecule has 0 bridgehead atoms. The standard InChI is InChI=1S/C13H9BrClFOS/c1-17-9-3-5-13(11(15)7-9)18-12-4-2-8(16)6-10(12)14/h2-7H,1H3. The fraction of sp³-hybridized carbons (Fsp3) is 0.0769. The minimum atomic E-state index is -0.271. The van der Waals surface area contributed by atoms with E-state index in [1.807, 2.05) is 12.1 Å². The maximum atomic E-state index is 13.0. The zero-order valence-electron chi connectivity index (χ0n) is 9.41. The highest BCUT2D eigenvalue weighted by molar-refractivity contribution is 9.10. The molecule has 0 saturated carbocycles. The van der Waals surface area contributed by atoms with Crippen molar-refractivity contribution in [1.82, 2.24) is 0 Å². The largest absolute Gasteiger partial charge is 0.497 e. The van der Waals surface area contributed by atoms with Gasteiger partial charge in [-0.15, -0.1) is 0 Å². The van der Waals surface area contributed by atoms with Crippen molar-refractivity contribution >= 4 is 39.3 Å². The fourth-order valence-electron chi connectivity index (χ4n) is 1.37. The van der Waals surface area contributed by atoms with Crippen molar-refractivity contribution in [3.05, 3.63) is 51.7 Å². The van der Waals surface area contributed by atoms with Gasteiger partial charge in [-0.1, -0.05) is 23.4 Å². The Morgan fingerprint density at radius 3 is 2.50 bits per heavy atom. The van der Waals surface area contributed by atoms with Crippen molar-refractivity contribution in [2.24, 2.45) is 0 Å². The van der Waals surface area contributed by atoms with Crippen molar-refractivity contribution in [3.8, 4) is 5.75 Å². The van der Waals surface area contributed by atoms with Crippen LogP contribution >= 0.6 is 39.3 Å². The smallest absolute Gasteiger partial charge is 0.124 e. The van der Waals surface area contributed by atoms with Crippen LogP contribution < -0.4 is 4.74 Å². The number of benzene rings is 2. The number of rotatable bonds is 3. The van der Waals surface area contributed by atoms with E-state index in [1.165, 1.54) is 23.9 Å². The highest BCUT2D eigenvalue weighted by atomic mass is 79.9. The van der Waals surface area contributed by atoms with E-state index in [-0.39, 0.29) is 5.82 Å². The molecule has 2 rings (SSSR count). The Labute approximate surface area is 122 Å². The maximum Gasteiger partial charge on any atom is 0.124 e. The first kappa shape index (κ1) is 13.7. The average molecular weight is 348 g/mol. The highest BCUT2D eigenvalue weighted by Gasteiger charge is 2.08. The summed E-state index contributed by atoms with van der Waals surface area (Å²) in [5, 5.41) is 0.607. The van der Waals surface area contributed by atoms with Gasteiger partial charge in [0.1, 0.15) is 11.6 Å². The summed E-state index contributed by atoms with van der Waals surface area (Å²) < 4.78 is 18.8. The molecule has 0 radical (unpaired) electrons. The van der Waals surface area contributed by atoms with E-state index >= 15 is 0 Å². The second-order valence-corrected chi connectivity index (χ2v) is 5.82. The monoisotopic (exact) mass is 346 g/mol. The lowest BCUT2D eigenvalue weighted by molar-refractivity contribution is 0.414. The van der Waals surface area contributed by atoms with Crippen molar-refractivity contribution in [2.75, 3.05) is 7.11 Å². The van der Waals surface area contributed by atoms with Crippen LogP contribution in [0.4, 0.5) is 4.39 Å². The fourth-order valence-corrected chi connectivity index (χ4v) is 3.07. The Kier molecular flexibility index (Phi) is 4.54. The average Bonchev–Trinajstić information content (AvgIpc) is 2.34. The molecule has 0 atom stereocenters. The van der Waals surface area contributed by atoms with Crippen LogP contribution in [-0.4, -0.2) is 7.11 Å². The first-order chi connectivity index (χ1) is 8.60. The van der Waals surface area contributed by atoms with Crippen LogP contribution in [0, 0.1) is 5.82 Å². The topological polar surface area (TPSA) is 9.23 Å². The summed E-state index contributed by atoms with van der Waals surface area (Å²) in [5.41, 5.74) is 0. The Bertz CT molecular complexity index is 577. The van der Waals surface area contributed by atoms with Gasteiger partial charge in [0.15, 0.2) is 0 Å². The normalized spacial score (nSPS) is 10.4. The minimum absolute atomic E-state index is 0.271. The molecular weight excluding hydrogens is 339 g/mol. The third-order valence-electron chi connectivity index (χ3n) is 2.25. The minimum Gasteiger partial charge on any atom is -0.497 e. The number of hydrogen-bond acceptors (Lipinski definition) is 2. The van der Waals surface area contributed by atoms with Gasteiger partial charge in [0, 0.05) is 14.3 Å². The lowest BCUT2D eigenvalue weighted by atomic mass is 10.3. The maximum absolute atomic E-state index is 13.0. The van der Waals surface area contributed by atoms with Gasteiger partial charge in [0.05, 0.1) is 12.1 Å². The summed E-state index contributed by atoms with van der Waals surface area (Å²) in [5.74, 6) is 0.439. The summed E-state index contributed by atoms with van der Waals surface area (Å²) >= 11 is 10.9. The van der Waals surface area contributed by atoms with Crippen LogP contribution in [-0.2, 0) is 0 Å². The lowest BCUT2D eigenvalue weighted by Crippen LogP contribution is -1.84. The van der Waals surface area contributed by atoms with E-state index in [9.17, 15) is 4.39 Å². The zero-order chi connectivity index (χ0) is 13.1. The van der Waals surface area contributed by atoms with Crippen LogP contribution in [0.3, 0.4) is 0 Å². The van der Waals surface area contributed by atoms with E-state index in [0.29, 0.717) is 15.2 Å². The summed E-state index contributed by atoms with van der Waals surface area (Å²) in [6.07, 6.45) is 0. The van der Waals surface area contributed by atoms with Crippen molar-refractivity contribution in [3.63, 3.8) is 0 Å². The van der Waals surface area contributed by atoms with Crippen LogP contribution in [0.15, 0.2) is 50.7 Å². The van der Waals surface area contributed by atoms with Gasteiger partial charge in [-0.05, 0) is 52.3 Å². The molecule has 0 unspecified atom stereocenters. The molecule has 0 aliphatic carbocycles. The molecule has 0 N–H and O–H groups in total. The number of ether oxygens (including phenoxy) is 1. The molecule has 0 aromatic heterocycles. The molecule has 2 aromatic carbocycles. The number of halogens is 3. The Morgan fingerprint density at radius 1 is 1.17 bits per heavy atom. The summed E-state index contributed by atoms with van der Waals surface area (Å²) in [6.45, 7) is 0. The van der Waals surface area contributed by atoms with E-state index in [4.69, 9.17) is 16.3 Å². The van der Waals surface area contributed by atoms with Crippen LogP contribution in [0.5, 0.6) is 5.75 Å². The van der Waals surface area contributed by atoms with E-state index in [1.54, 1.807) is 19.2 Å². The van der Waals surface area contributed by atoms with Gasteiger partial charge in [-0.2, -0.15) is 0 Å². The van der Waals surface area contributed by atoms with Gasteiger partial charge in [0.25, 0.3) is 0 Å². The first-order valence-corrected chi connectivity index (χ1v) is 7.05. The predicted molar refractivity (Wildman–Crippen MR) is 76.2 cm³/mol.